The molecule has 2 aliphatic heterocycles. The van der Waals surface area contributed by atoms with Crippen LogP contribution in [0, 0.1) is 0 Å². The van der Waals surface area contributed by atoms with Gasteiger partial charge in [-0.15, -0.1) is 0 Å². The third-order valence-corrected chi connectivity index (χ3v) is 6.00. The summed E-state index contributed by atoms with van der Waals surface area (Å²) in [5, 5.41) is 12.6. The van der Waals surface area contributed by atoms with E-state index in [1.807, 2.05) is 30.3 Å². The molecule has 1 N–H and O–H groups in total. The molecule has 2 aliphatic rings. The Bertz CT molecular complexity index is 1020. The molecule has 2 aromatic carbocycles. The van der Waals surface area contributed by atoms with Crippen LogP contribution >= 0.6 is 0 Å². The Kier molecular flexibility index (Phi) is 6.39. The third-order valence-electron chi connectivity index (χ3n) is 6.00. The van der Waals surface area contributed by atoms with Crippen LogP contribution in [-0.4, -0.2) is 50.5 Å². The van der Waals surface area contributed by atoms with Crippen molar-refractivity contribution in [2.75, 3.05) is 39.8 Å². The van der Waals surface area contributed by atoms with E-state index in [9.17, 15) is 9.90 Å². The van der Waals surface area contributed by atoms with E-state index in [0.717, 1.165) is 44.0 Å². The largest absolute Gasteiger partial charge is 0.872 e. The highest BCUT2D eigenvalue weighted by molar-refractivity contribution is 6.12. The summed E-state index contributed by atoms with van der Waals surface area (Å²) >= 11 is 0. The van der Waals surface area contributed by atoms with Gasteiger partial charge in [-0.2, -0.15) is 0 Å². The first kappa shape index (κ1) is 21.2. The molecule has 0 amide bonds. The summed E-state index contributed by atoms with van der Waals surface area (Å²) in [5.41, 5.74) is 1.98. The van der Waals surface area contributed by atoms with Crippen LogP contribution in [0.25, 0.3) is 6.08 Å². The highest BCUT2D eigenvalue weighted by Crippen LogP contribution is 2.37. The van der Waals surface area contributed by atoms with Gasteiger partial charge in [0.05, 0.1) is 25.8 Å². The standard InChI is InChI=1S/C25H28N2O4/c1-3-26-13-15-27(16-14-26)17-20-21(28)12-11-19-24(29)23(31-25(19)20)10-6-8-18-7-4-5-9-22(18)30-2/h4-12,28H,3,13-17H2,1-2H3/b8-6+,23-10-. The van der Waals surface area contributed by atoms with Gasteiger partial charge >= 0.3 is 0 Å². The van der Waals surface area contributed by atoms with Gasteiger partial charge < -0.3 is 19.5 Å². The molecule has 0 bridgehead atoms. The Labute approximate surface area is 183 Å². The number of likely N-dealkylation sites (N-methyl/N-ethyl adjacent to an activating group) is 1. The number of methoxy groups -OCH3 is 1. The Morgan fingerprint density at radius 1 is 1.19 bits per heavy atom. The van der Waals surface area contributed by atoms with E-state index in [1.54, 1.807) is 25.3 Å². The molecule has 0 aliphatic carbocycles. The molecule has 2 heterocycles. The monoisotopic (exact) mass is 420 g/mol. The van der Waals surface area contributed by atoms with Crippen molar-refractivity contribution < 1.29 is 24.3 Å². The number of nitrogens with zero attached hydrogens (tertiary/aromatic N) is 1. The molecule has 0 unspecified atom stereocenters. The zero-order chi connectivity index (χ0) is 21.8. The lowest BCUT2D eigenvalue weighted by Gasteiger charge is -2.32. The molecule has 0 aromatic heterocycles. The van der Waals surface area contributed by atoms with Crippen molar-refractivity contribution in [2.24, 2.45) is 0 Å². The predicted octanol–water partition coefficient (Wildman–Crippen LogP) is 1.66. The first-order chi connectivity index (χ1) is 15.1. The molecule has 2 aromatic rings. The lowest BCUT2D eigenvalue weighted by molar-refractivity contribution is -0.918. The van der Waals surface area contributed by atoms with Crippen molar-refractivity contribution in [1.29, 1.82) is 0 Å². The number of benzene rings is 2. The van der Waals surface area contributed by atoms with E-state index < -0.39 is 0 Å². The normalized spacial score (nSPS) is 18.5. The van der Waals surface area contributed by atoms with Crippen molar-refractivity contribution in [2.45, 2.75) is 13.5 Å². The fraction of sp³-hybridized carbons (Fsp3) is 0.320. The zero-order valence-corrected chi connectivity index (χ0v) is 18.0. The Morgan fingerprint density at radius 3 is 2.71 bits per heavy atom. The van der Waals surface area contributed by atoms with E-state index in [0.29, 0.717) is 23.4 Å². The summed E-state index contributed by atoms with van der Waals surface area (Å²) in [7, 11) is 1.62. The maximum Gasteiger partial charge on any atom is 0.231 e. The lowest BCUT2D eigenvalue weighted by atomic mass is 10.0. The molecule has 0 saturated carbocycles. The second kappa shape index (κ2) is 9.37. The SMILES string of the molecule is CCN1CC[NH+](Cc2c([O-])ccc3c2O/C(=C\C=C\c2ccccc2OC)C3=O)CC1. The fourth-order valence-corrected chi connectivity index (χ4v) is 4.13. The van der Waals surface area contributed by atoms with Gasteiger partial charge in [0.1, 0.15) is 18.0 Å². The molecule has 0 spiro atoms. The van der Waals surface area contributed by atoms with Crippen LogP contribution < -0.4 is 19.5 Å². The van der Waals surface area contributed by atoms with Crippen LogP contribution in [0.5, 0.6) is 17.2 Å². The van der Waals surface area contributed by atoms with Gasteiger partial charge in [0, 0.05) is 24.2 Å². The van der Waals surface area contributed by atoms with Crippen molar-refractivity contribution in [3.63, 3.8) is 0 Å². The number of hydrogen-bond donors (Lipinski definition) is 1. The Hall–Kier alpha value is -3.09. The number of quaternary nitrogens is 1. The summed E-state index contributed by atoms with van der Waals surface area (Å²) in [6, 6.07) is 10.7. The molecule has 4 rings (SSSR count). The summed E-state index contributed by atoms with van der Waals surface area (Å²) in [4.78, 5) is 16.6. The number of hydrogen-bond acceptors (Lipinski definition) is 5. The van der Waals surface area contributed by atoms with Gasteiger partial charge in [0.15, 0.2) is 5.76 Å². The number of nitrogens with one attached hydrogen (secondary N) is 1. The van der Waals surface area contributed by atoms with Crippen molar-refractivity contribution >= 4 is 11.9 Å². The van der Waals surface area contributed by atoms with Crippen LogP contribution in [0.3, 0.4) is 0 Å². The van der Waals surface area contributed by atoms with Crippen LogP contribution in [0.15, 0.2) is 54.3 Å². The van der Waals surface area contributed by atoms with E-state index in [-0.39, 0.29) is 17.3 Å². The average Bonchev–Trinajstić information content (AvgIpc) is 3.12. The second-order valence-corrected chi connectivity index (χ2v) is 7.84. The maximum absolute atomic E-state index is 12.8. The highest BCUT2D eigenvalue weighted by atomic mass is 16.5. The molecule has 31 heavy (non-hydrogen) atoms. The summed E-state index contributed by atoms with van der Waals surface area (Å²) in [6.07, 6.45) is 5.28. The molecule has 6 nitrogen and oxygen atoms in total. The predicted molar refractivity (Wildman–Crippen MR) is 117 cm³/mol. The minimum Gasteiger partial charge on any atom is -0.872 e. The minimum atomic E-state index is -0.188. The number of piperazine rings is 1. The molecule has 0 atom stereocenters. The molecular weight excluding hydrogens is 392 g/mol. The number of fused-ring (bicyclic) bond motifs is 1. The van der Waals surface area contributed by atoms with E-state index in [2.05, 4.69) is 11.8 Å². The zero-order valence-electron chi connectivity index (χ0n) is 18.0. The number of Topliss-reactive ketones (excluding diaryl/α,β-unsaturated/α-hetero) is 1. The van der Waals surface area contributed by atoms with Crippen molar-refractivity contribution in [3.8, 4) is 17.2 Å². The van der Waals surface area contributed by atoms with Crippen LogP contribution in [-0.2, 0) is 6.54 Å². The quantitative estimate of drug-likeness (QED) is 0.720. The number of ether oxygens (including phenoxy) is 2. The minimum absolute atomic E-state index is 0.0669. The second-order valence-electron chi connectivity index (χ2n) is 7.84. The first-order valence-corrected chi connectivity index (χ1v) is 10.7. The summed E-state index contributed by atoms with van der Waals surface area (Å²) in [5.74, 6) is 1.16. The topological polar surface area (TPSA) is 66.3 Å². The van der Waals surface area contributed by atoms with Gasteiger partial charge in [0.25, 0.3) is 0 Å². The Balaban J connectivity index is 1.52. The number of carbonyl (C=O) groups is 1. The third kappa shape index (κ3) is 4.50. The van der Waals surface area contributed by atoms with Gasteiger partial charge in [-0.05, 0) is 24.8 Å². The fourth-order valence-electron chi connectivity index (χ4n) is 4.13. The maximum atomic E-state index is 12.8. The molecule has 162 valence electrons. The van der Waals surface area contributed by atoms with Crippen LogP contribution in [0.4, 0.5) is 0 Å². The molecular formula is C25H28N2O4. The van der Waals surface area contributed by atoms with Crippen LogP contribution in [0.2, 0.25) is 0 Å². The van der Waals surface area contributed by atoms with Gasteiger partial charge in [-0.25, -0.2) is 0 Å². The molecule has 1 fully saturated rings. The van der Waals surface area contributed by atoms with Gasteiger partial charge in [-0.1, -0.05) is 49.1 Å². The van der Waals surface area contributed by atoms with E-state index in [1.165, 1.54) is 11.0 Å². The first-order valence-electron chi connectivity index (χ1n) is 10.7. The average molecular weight is 421 g/mol. The summed E-state index contributed by atoms with van der Waals surface area (Å²) in [6.45, 7) is 7.80. The number of carbonyl (C=O) groups excluding carboxylic acids is 1. The van der Waals surface area contributed by atoms with Crippen molar-refractivity contribution in [3.05, 3.63) is 71.0 Å². The lowest BCUT2D eigenvalue weighted by Crippen LogP contribution is -3.13. The van der Waals surface area contributed by atoms with Gasteiger partial charge in [0.2, 0.25) is 5.78 Å². The smallest absolute Gasteiger partial charge is 0.231 e. The number of allylic oxidation sites excluding steroid dienone is 3. The van der Waals surface area contributed by atoms with Crippen LogP contribution in [0.1, 0.15) is 28.4 Å². The molecule has 0 radical (unpaired) electrons. The highest BCUT2D eigenvalue weighted by Gasteiger charge is 2.31. The number of para-hydroxylation sites is 1. The van der Waals surface area contributed by atoms with E-state index in [4.69, 9.17) is 9.47 Å². The van der Waals surface area contributed by atoms with Crippen molar-refractivity contribution in [1.82, 2.24) is 4.90 Å². The number of rotatable bonds is 6. The molecule has 1 saturated heterocycles. The number of ketones is 1. The Morgan fingerprint density at radius 2 is 1.97 bits per heavy atom. The summed E-state index contributed by atoms with van der Waals surface area (Å²) < 4.78 is 11.3. The van der Waals surface area contributed by atoms with Gasteiger partial charge in [-0.3, -0.25) is 9.69 Å². The molecule has 6 heteroatoms. The van der Waals surface area contributed by atoms with E-state index >= 15 is 0 Å².